The molecule has 0 aliphatic carbocycles. The van der Waals surface area contributed by atoms with E-state index in [0.29, 0.717) is 42.3 Å². The number of nitrogens with one attached hydrogen (secondary N) is 1. The molecule has 1 fully saturated rings. The van der Waals surface area contributed by atoms with E-state index < -0.39 is 10.2 Å². The summed E-state index contributed by atoms with van der Waals surface area (Å²) in [6, 6.07) is 12.9. The highest BCUT2D eigenvalue weighted by Crippen LogP contribution is 2.31. The van der Waals surface area contributed by atoms with E-state index in [2.05, 4.69) is 14.1 Å². The van der Waals surface area contributed by atoms with Crippen molar-refractivity contribution in [3.8, 4) is 5.75 Å². The van der Waals surface area contributed by atoms with Gasteiger partial charge in [-0.15, -0.1) is 4.40 Å². The summed E-state index contributed by atoms with van der Waals surface area (Å²) < 4.78 is 35.6. The maximum atomic E-state index is 13.6. The molecule has 5 rings (SSSR count). The van der Waals surface area contributed by atoms with E-state index in [1.54, 1.807) is 18.2 Å². The SMILES string of the molecule is Cc1ccc2nc(C)cc(C(=O)N3CCCC(COc4cccc5c4C(N)=NS(=O)(=O)N5)C3)c2c1. The van der Waals surface area contributed by atoms with Crippen molar-refractivity contribution in [2.24, 2.45) is 16.0 Å². The van der Waals surface area contributed by atoms with Gasteiger partial charge in [0.1, 0.15) is 5.75 Å². The number of hydrogen-bond acceptors (Lipinski definition) is 6. The molecule has 2 aliphatic rings. The number of pyridine rings is 1. The number of benzene rings is 2. The summed E-state index contributed by atoms with van der Waals surface area (Å²) in [7, 11) is -3.85. The fraction of sp³-hybridized carbons (Fsp3) is 0.320. The molecule has 2 aromatic carbocycles. The minimum absolute atomic E-state index is 0.00123. The molecule has 1 saturated heterocycles. The molecule has 35 heavy (non-hydrogen) atoms. The largest absolute Gasteiger partial charge is 0.492 e. The van der Waals surface area contributed by atoms with Crippen LogP contribution in [0.15, 0.2) is 46.9 Å². The van der Waals surface area contributed by atoms with Gasteiger partial charge in [-0.25, -0.2) is 0 Å². The quantitative estimate of drug-likeness (QED) is 0.575. The number of rotatable bonds is 4. The third kappa shape index (κ3) is 4.66. The Hall–Kier alpha value is -3.66. The topological polar surface area (TPSA) is 127 Å². The van der Waals surface area contributed by atoms with Crippen molar-refractivity contribution in [3.63, 3.8) is 0 Å². The van der Waals surface area contributed by atoms with Gasteiger partial charge in [-0.3, -0.25) is 14.5 Å². The van der Waals surface area contributed by atoms with Gasteiger partial charge in [0, 0.05) is 30.1 Å². The second-order valence-electron chi connectivity index (χ2n) is 9.13. The summed E-state index contributed by atoms with van der Waals surface area (Å²) in [5.41, 5.74) is 10.1. The van der Waals surface area contributed by atoms with E-state index in [9.17, 15) is 13.2 Å². The number of nitrogens with two attached hydrogens (primary N) is 1. The summed E-state index contributed by atoms with van der Waals surface area (Å²) in [6.07, 6.45) is 1.79. The van der Waals surface area contributed by atoms with Crippen LogP contribution in [0.3, 0.4) is 0 Å². The average molecular weight is 494 g/mol. The summed E-state index contributed by atoms with van der Waals surface area (Å²) in [4.78, 5) is 20.0. The normalized spacial score (nSPS) is 19.0. The monoisotopic (exact) mass is 493 g/mol. The minimum Gasteiger partial charge on any atom is -0.492 e. The maximum absolute atomic E-state index is 13.6. The number of carbonyl (C=O) groups is 1. The summed E-state index contributed by atoms with van der Waals surface area (Å²) >= 11 is 0. The van der Waals surface area contributed by atoms with Crippen molar-refractivity contribution in [2.75, 3.05) is 24.4 Å². The zero-order chi connectivity index (χ0) is 24.7. The highest BCUT2D eigenvalue weighted by atomic mass is 32.2. The molecule has 0 bridgehead atoms. The summed E-state index contributed by atoms with van der Waals surface area (Å²) in [5, 5.41) is 0.868. The number of aryl methyl sites for hydroxylation is 2. The summed E-state index contributed by atoms with van der Waals surface area (Å²) in [6.45, 7) is 5.53. The van der Waals surface area contributed by atoms with E-state index in [-0.39, 0.29) is 17.7 Å². The Balaban J connectivity index is 1.33. The predicted molar refractivity (Wildman–Crippen MR) is 135 cm³/mol. The summed E-state index contributed by atoms with van der Waals surface area (Å²) in [5.74, 6) is 0.475. The molecule has 182 valence electrons. The molecule has 3 N–H and O–H groups in total. The standard InChI is InChI=1S/C25H27N5O4S/c1-15-8-9-20-18(11-15)19(12-16(2)27-20)25(31)30-10-4-5-17(13-30)14-34-22-7-3-6-21-23(22)24(26)29-35(32,33)28-21/h3,6-9,11-12,17,28H,4-5,10,13-14H2,1-2H3,(H2,26,29). The number of hydrogen-bond donors (Lipinski definition) is 2. The van der Waals surface area contributed by atoms with E-state index in [0.717, 1.165) is 35.0 Å². The molecule has 1 unspecified atom stereocenters. The van der Waals surface area contributed by atoms with Crippen molar-refractivity contribution >= 4 is 38.5 Å². The van der Waals surface area contributed by atoms with Gasteiger partial charge in [0.25, 0.3) is 5.91 Å². The highest BCUT2D eigenvalue weighted by Gasteiger charge is 2.28. The zero-order valence-electron chi connectivity index (χ0n) is 19.6. The van der Waals surface area contributed by atoms with Crippen molar-refractivity contribution < 1.29 is 17.9 Å². The molecule has 1 atom stereocenters. The Morgan fingerprint density at radius 1 is 1.23 bits per heavy atom. The van der Waals surface area contributed by atoms with E-state index in [1.807, 2.05) is 43.0 Å². The van der Waals surface area contributed by atoms with Crippen LogP contribution in [0.4, 0.5) is 5.69 Å². The second kappa shape index (κ2) is 8.84. The number of ether oxygens (including phenoxy) is 1. The predicted octanol–water partition coefficient (Wildman–Crippen LogP) is 3.16. The van der Waals surface area contributed by atoms with Crippen LogP contribution < -0.4 is 15.2 Å². The van der Waals surface area contributed by atoms with Crippen molar-refractivity contribution in [1.82, 2.24) is 9.88 Å². The number of aromatic nitrogens is 1. The number of piperidine rings is 1. The number of fused-ring (bicyclic) bond motifs is 2. The van der Waals surface area contributed by atoms with Crippen LogP contribution in [0, 0.1) is 19.8 Å². The van der Waals surface area contributed by atoms with Crippen LogP contribution in [0.1, 0.15) is 40.0 Å². The molecule has 0 spiro atoms. The van der Waals surface area contributed by atoms with Crippen LogP contribution in [0.5, 0.6) is 5.75 Å². The first-order valence-corrected chi connectivity index (χ1v) is 13.0. The Bertz CT molecular complexity index is 1470. The van der Waals surface area contributed by atoms with Crippen LogP contribution in [-0.2, 0) is 10.2 Å². The number of likely N-dealkylation sites (tertiary alicyclic amines) is 1. The first-order valence-electron chi connectivity index (χ1n) is 11.5. The number of amidine groups is 1. The molecular formula is C25H27N5O4S. The number of nitrogens with zero attached hydrogens (tertiary/aromatic N) is 3. The van der Waals surface area contributed by atoms with Crippen molar-refractivity contribution in [2.45, 2.75) is 26.7 Å². The lowest BCUT2D eigenvalue weighted by Gasteiger charge is -2.33. The van der Waals surface area contributed by atoms with Crippen LogP contribution in [0.25, 0.3) is 10.9 Å². The first kappa shape index (κ1) is 23.1. The molecular weight excluding hydrogens is 466 g/mol. The lowest BCUT2D eigenvalue weighted by Crippen LogP contribution is -2.41. The van der Waals surface area contributed by atoms with Gasteiger partial charge in [0.15, 0.2) is 5.84 Å². The Labute approximate surface area is 204 Å². The van der Waals surface area contributed by atoms with Crippen molar-refractivity contribution in [1.29, 1.82) is 0 Å². The van der Waals surface area contributed by atoms with E-state index >= 15 is 0 Å². The smallest absolute Gasteiger partial charge is 0.344 e. The van der Waals surface area contributed by atoms with Gasteiger partial charge in [0.05, 0.1) is 28.9 Å². The lowest BCUT2D eigenvalue weighted by molar-refractivity contribution is 0.0635. The molecule has 2 aliphatic heterocycles. The molecule has 3 aromatic rings. The molecule has 1 amide bonds. The minimum atomic E-state index is -3.85. The molecule has 10 heteroatoms. The number of anilines is 1. The third-order valence-electron chi connectivity index (χ3n) is 6.34. The zero-order valence-corrected chi connectivity index (χ0v) is 20.4. The van der Waals surface area contributed by atoms with Crippen LogP contribution in [0.2, 0.25) is 0 Å². The van der Waals surface area contributed by atoms with E-state index in [4.69, 9.17) is 10.5 Å². The molecule has 9 nitrogen and oxygen atoms in total. The first-order chi connectivity index (χ1) is 16.7. The van der Waals surface area contributed by atoms with Crippen LogP contribution in [-0.4, -0.2) is 49.7 Å². The van der Waals surface area contributed by atoms with Gasteiger partial charge >= 0.3 is 10.2 Å². The van der Waals surface area contributed by atoms with Gasteiger partial charge in [-0.2, -0.15) is 8.42 Å². The number of amides is 1. The third-order valence-corrected chi connectivity index (χ3v) is 7.26. The van der Waals surface area contributed by atoms with Gasteiger partial charge in [0.2, 0.25) is 0 Å². The fourth-order valence-corrected chi connectivity index (χ4v) is 5.59. The molecule has 3 heterocycles. The van der Waals surface area contributed by atoms with Crippen LogP contribution >= 0.6 is 0 Å². The van der Waals surface area contributed by atoms with E-state index in [1.165, 1.54) is 0 Å². The molecule has 1 aromatic heterocycles. The van der Waals surface area contributed by atoms with Gasteiger partial charge < -0.3 is 15.4 Å². The number of carbonyl (C=O) groups excluding carboxylic acids is 1. The second-order valence-corrected chi connectivity index (χ2v) is 10.5. The Kier molecular flexibility index (Phi) is 5.84. The Morgan fingerprint density at radius 2 is 2.06 bits per heavy atom. The fourth-order valence-electron chi connectivity index (χ4n) is 4.75. The Morgan fingerprint density at radius 3 is 2.89 bits per heavy atom. The van der Waals surface area contributed by atoms with Gasteiger partial charge in [-0.1, -0.05) is 17.7 Å². The van der Waals surface area contributed by atoms with Crippen molar-refractivity contribution in [3.05, 3.63) is 64.8 Å². The maximum Gasteiger partial charge on any atom is 0.344 e. The molecule has 0 radical (unpaired) electrons. The lowest BCUT2D eigenvalue weighted by atomic mass is 9.97. The van der Waals surface area contributed by atoms with Gasteiger partial charge in [-0.05, 0) is 57.0 Å². The highest BCUT2D eigenvalue weighted by molar-refractivity contribution is 7.91. The average Bonchev–Trinajstić information content (AvgIpc) is 2.81. The molecule has 0 saturated carbocycles.